The molecular weight excluding hydrogens is 341 g/mol. The first-order chi connectivity index (χ1) is 8.49. The van der Waals surface area contributed by atoms with Crippen LogP contribution < -0.4 is 4.72 Å². The molecule has 1 saturated heterocycles. The van der Waals surface area contributed by atoms with Crippen LogP contribution in [0.3, 0.4) is 0 Å². The van der Waals surface area contributed by atoms with E-state index < -0.39 is 15.8 Å². The minimum atomic E-state index is -3.61. The highest BCUT2D eigenvalue weighted by atomic mass is 79.9. The van der Waals surface area contributed by atoms with E-state index in [4.69, 9.17) is 0 Å². The Morgan fingerprint density at radius 2 is 2.28 bits per heavy atom. The lowest BCUT2D eigenvalue weighted by Gasteiger charge is -2.11. The SMILES string of the molecule is O=S(=O)(NCC1CCCS1)c1ccc(Br)c(F)c1. The third kappa shape index (κ3) is 3.46. The van der Waals surface area contributed by atoms with E-state index in [1.165, 1.54) is 12.1 Å². The molecule has 1 unspecified atom stereocenters. The quantitative estimate of drug-likeness (QED) is 0.905. The van der Waals surface area contributed by atoms with Gasteiger partial charge in [0.25, 0.3) is 0 Å². The van der Waals surface area contributed by atoms with Crippen molar-refractivity contribution in [2.75, 3.05) is 12.3 Å². The fourth-order valence-corrected chi connectivity index (χ4v) is 4.38. The van der Waals surface area contributed by atoms with Gasteiger partial charge in [0.1, 0.15) is 5.82 Å². The normalized spacial score (nSPS) is 20.2. The first-order valence-corrected chi connectivity index (χ1v) is 8.88. The molecule has 2 rings (SSSR count). The van der Waals surface area contributed by atoms with Crippen molar-refractivity contribution in [3.63, 3.8) is 0 Å². The second-order valence-electron chi connectivity index (χ2n) is 4.06. The Bertz CT molecular complexity index is 530. The molecule has 1 atom stereocenters. The van der Waals surface area contributed by atoms with Gasteiger partial charge in [0, 0.05) is 11.8 Å². The van der Waals surface area contributed by atoms with E-state index in [0.717, 1.165) is 24.7 Å². The molecule has 1 aliphatic heterocycles. The number of benzene rings is 1. The molecule has 0 bridgehead atoms. The number of sulfonamides is 1. The van der Waals surface area contributed by atoms with Gasteiger partial charge in [-0.3, -0.25) is 0 Å². The van der Waals surface area contributed by atoms with Crippen LogP contribution in [0, 0.1) is 5.82 Å². The summed E-state index contributed by atoms with van der Waals surface area (Å²) < 4.78 is 40.0. The maximum Gasteiger partial charge on any atom is 0.240 e. The van der Waals surface area contributed by atoms with E-state index in [9.17, 15) is 12.8 Å². The molecule has 1 aliphatic rings. The summed E-state index contributed by atoms with van der Waals surface area (Å²) in [5.41, 5.74) is 0. The molecule has 0 radical (unpaired) electrons. The van der Waals surface area contributed by atoms with Crippen molar-refractivity contribution in [2.24, 2.45) is 0 Å². The lowest BCUT2D eigenvalue weighted by Crippen LogP contribution is -2.29. The van der Waals surface area contributed by atoms with Gasteiger partial charge in [-0.2, -0.15) is 11.8 Å². The third-order valence-corrected chi connectivity index (χ3v) is 6.19. The topological polar surface area (TPSA) is 46.2 Å². The van der Waals surface area contributed by atoms with Crippen LogP contribution in [-0.4, -0.2) is 26.0 Å². The standard InChI is InChI=1S/C11H13BrFNO2S2/c12-10-4-3-9(6-11(10)13)18(15,16)14-7-8-2-1-5-17-8/h3-4,6,8,14H,1-2,5,7H2. The molecule has 0 aromatic heterocycles. The molecule has 1 heterocycles. The van der Waals surface area contributed by atoms with E-state index in [1.54, 1.807) is 11.8 Å². The minimum Gasteiger partial charge on any atom is -0.210 e. The van der Waals surface area contributed by atoms with E-state index in [0.29, 0.717) is 11.8 Å². The Kier molecular flexibility index (Phi) is 4.69. The predicted octanol–water partition coefficient (Wildman–Crippen LogP) is 2.76. The molecule has 1 aromatic carbocycles. The van der Waals surface area contributed by atoms with Crippen molar-refractivity contribution in [1.82, 2.24) is 4.72 Å². The zero-order chi connectivity index (χ0) is 13.2. The molecular formula is C11H13BrFNO2S2. The molecule has 7 heteroatoms. The minimum absolute atomic E-state index is 0.0359. The Hall–Kier alpha value is -0.110. The van der Waals surface area contributed by atoms with Gasteiger partial charge in [0.05, 0.1) is 9.37 Å². The summed E-state index contributed by atoms with van der Waals surface area (Å²) in [5.74, 6) is 0.507. The molecule has 100 valence electrons. The second kappa shape index (κ2) is 5.90. The number of rotatable bonds is 4. The summed E-state index contributed by atoms with van der Waals surface area (Å²) >= 11 is 4.77. The lowest BCUT2D eigenvalue weighted by atomic mass is 10.2. The molecule has 3 nitrogen and oxygen atoms in total. The summed E-state index contributed by atoms with van der Waals surface area (Å²) in [7, 11) is -3.61. The number of nitrogens with one attached hydrogen (secondary N) is 1. The van der Waals surface area contributed by atoms with Crippen LogP contribution in [0.25, 0.3) is 0 Å². The number of hydrogen-bond donors (Lipinski definition) is 1. The summed E-state index contributed by atoms with van der Waals surface area (Å²) in [5, 5.41) is 0.333. The van der Waals surface area contributed by atoms with Gasteiger partial charge >= 0.3 is 0 Å². The van der Waals surface area contributed by atoms with E-state index in [1.807, 2.05) is 0 Å². The average Bonchev–Trinajstić information content (AvgIpc) is 2.83. The van der Waals surface area contributed by atoms with Crippen molar-refractivity contribution >= 4 is 37.7 Å². The molecule has 0 amide bonds. The van der Waals surface area contributed by atoms with Crippen LogP contribution in [0.4, 0.5) is 4.39 Å². The molecule has 0 saturated carbocycles. The van der Waals surface area contributed by atoms with Gasteiger partial charge in [-0.1, -0.05) is 0 Å². The molecule has 0 aliphatic carbocycles. The van der Waals surface area contributed by atoms with Gasteiger partial charge in [-0.25, -0.2) is 17.5 Å². The van der Waals surface area contributed by atoms with Gasteiger partial charge in [-0.15, -0.1) is 0 Å². The van der Waals surface area contributed by atoms with Crippen molar-refractivity contribution in [1.29, 1.82) is 0 Å². The summed E-state index contributed by atoms with van der Waals surface area (Å²) in [4.78, 5) is -0.0359. The van der Waals surface area contributed by atoms with Crippen LogP contribution in [-0.2, 0) is 10.0 Å². The Morgan fingerprint density at radius 1 is 1.50 bits per heavy atom. The number of hydrogen-bond acceptors (Lipinski definition) is 3. The molecule has 0 spiro atoms. The van der Waals surface area contributed by atoms with E-state index in [-0.39, 0.29) is 9.37 Å². The zero-order valence-corrected chi connectivity index (χ0v) is 12.7. The average molecular weight is 354 g/mol. The maximum absolute atomic E-state index is 13.3. The molecule has 1 fully saturated rings. The Labute approximate surface area is 119 Å². The second-order valence-corrected chi connectivity index (χ2v) is 8.09. The Morgan fingerprint density at radius 3 is 2.89 bits per heavy atom. The lowest BCUT2D eigenvalue weighted by molar-refractivity contribution is 0.574. The predicted molar refractivity (Wildman–Crippen MR) is 74.8 cm³/mol. The smallest absolute Gasteiger partial charge is 0.210 e. The van der Waals surface area contributed by atoms with Crippen molar-refractivity contribution in [3.05, 3.63) is 28.5 Å². The maximum atomic E-state index is 13.3. The summed E-state index contributed by atoms with van der Waals surface area (Å²) in [6.07, 6.45) is 2.16. The van der Waals surface area contributed by atoms with Gasteiger partial charge < -0.3 is 0 Å². The van der Waals surface area contributed by atoms with E-state index >= 15 is 0 Å². The van der Waals surface area contributed by atoms with Gasteiger partial charge in [0.15, 0.2) is 0 Å². The van der Waals surface area contributed by atoms with Gasteiger partial charge in [0.2, 0.25) is 10.0 Å². The van der Waals surface area contributed by atoms with Crippen LogP contribution in [0.5, 0.6) is 0 Å². The Balaban J connectivity index is 2.07. The fraction of sp³-hybridized carbons (Fsp3) is 0.455. The number of halogens is 2. The highest BCUT2D eigenvalue weighted by molar-refractivity contribution is 9.10. The van der Waals surface area contributed by atoms with Crippen molar-refractivity contribution in [2.45, 2.75) is 23.0 Å². The highest BCUT2D eigenvalue weighted by Crippen LogP contribution is 2.26. The zero-order valence-electron chi connectivity index (χ0n) is 9.53. The van der Waals surface area contributed by atoms with Gasteiger partial charge in [-0.05, 0) is 52.7 Å². The number of thioether (sulfide) groups is 1. The summed E-state index contributed by atoms with van der Waals surface area (Å²) in [6.45, 7) is 0.407. The fourth-order valence-electron chi connectivity index (χ4n) is 1.74. The van der Waals surface area contributed by atoms with E-state index in [2.05, 4.69) is 20.7 Å². The molecule has 18 heavy (non-hydrogen) atoms. The molecule has 1 aromatic rings. The highest BCUT2D eigenvalue weighted by Gasteiger charge is 2.20. The molecule has 1 N–H and O–H groups in total. The largest absolute Gasteiger partial charge is 0.240 e. The van der Waals surface area contributed by atoms with Crippen LogP contribution in [0.1, 0.15) is 12.8 Å². The van der Waals surface area contributed by atoms with Crippen LogP contribution in [0.15, 0.2) is 27.6 Å². The van der Waals surface area contributed by atoms with Crippen LogP contribution in [0.2, 0.25) is 0 Å². The third-order valence-electron chi connectivity index (χ3n) is 2.73. The summed E-state index contributed by atoms with van der Waals surface area (Å²) in [6, 6.07) is 3.81. The van der Waals surface area contributed by atoms with Crippen LogP contribution >= 0.6 is 27.7 Å². The van der Waals surface area contributed by atoms with Crippen molar-refractivity contribution in [3.8, 4) is 0 Å². The first kappa shape index (κ1) is 14.3. The monoisotopic (exact) mass is 353 g/mol. The first-order valence-electron chi connectivity index (χ1n) is 5.55. The van der Waals surface area contributed by atoms with Crippen molar-refractivity contribution < 1.29 is 12.8 Å².